The van der Waals surface area contributed by atoms with Crippen LogP contribution in [0.25, 0.3) is 11.2 Å². The van der Waals surface area contributed by atoms with Crippen molar-refractivity contribution in [1.29, 1.82) is 0 Å². The van der Waals surface area contributed by atoms with Gasteiger partial charge < -0.3 is 34.6 Å². The zero-order valence-electron chi connectivity index (χ0n) is 21.4. The van der Waals surface area contributed by atoms with E-state index >= 15 is 0 Å². The van der Waals surface area contributed by atoms with Crippen LogP contribution in [0.5, 0.6) is 11.5 Å². The number of amides is 1. The topological polar surface area (TPSA) is 153 Å². The van der Waals surface area contributed by atoms with Gasteiger partial charge in [0.05, 0.1) is 6.54 Å². The van der Waals surface area contributed by atoms with E-state index in [4.69, 9.17) is 24.7 Å². The van der Waals surface area contributed by atoms with Gasteiger partial charge in [-0.25, -0.2) is 24.5 Å². The summed E-state index contributed by atoms with van der Waals surface area (Å²) in [5.41, 5.74) is 6.17. The van der Waals surface area contributed by atoms with Crippen LogP contribution in [0.4, 0.5) is 10.6 Å². The lowest BCUT2D eigenvalue weighted by Crippen LogP contribution is -2.47. The molecule has 3 heterocycles. The fourth-order valence-electron chi connectivity index (χ4n) is 4.29. The van der Waals surface area contributed by atoms with E-state index in [9.17, 15) is 9.59 Å². The summed E-state index contributed by atoms with van der Waals surface area (Å²) in [7, 11) is 0. The number of ether oxygens (including phenoxy) is 4. The van der Waals surface area contributed by atoms with Crippen molar-refractivity contribution in [3.05, 3.63) is 24.5 Å². The average Bonchev–Trinajstić information content (AvgIpc) is 3.59. The van der Waals surface area contributed by atoms with Gasteiger partial charge in [0.1, 0.15) is 24.1 Å². The number of benzene rings is 1. The van der Waals surface area contributed by atoms with Crippen LogP contribution >= 0.6 is 11.8 Å². The minimum absolute atomic E-state index is 0.00929. The van der Waals surface area contributed by atoms with Crippen LogP contribution in [0.15, 0.2) is 34.6 Å². The maximum atomic E-state index is 13.3. The molecule has 13 heteroatoms. The minimum Gasteiger partial charge on any atom is -0.461 e. The highest BCUT2D eigenvalue weighted by atomic mass is 32.2. The lowest BCUT2D eigenvalue weighted by atomic mass is 10.2. The van der Waals surface area contributed by atoms with Gasteiger partial charge in [0.15, 0.2) is 33.6 Å². The maximum absolute atomic E-state index is 13.3. The van der Waals surface area contributed by atoms with Crippen molar-refractivity contribution in [2.75, 3.05) is 12.5 Å². The molecule has 0 radical (unpaired) electrons. The van der Waals surface area contributed by atoms with E-state index in [2.05, 4.69) is 20.3 Å². The van der Waals surface area contributed by atoms with E-state index in [0.29, 0.717) is 27.8 Å². The predicted octanol–water partition coefficient (Wildman–Crippen LogP) is 3.67. The molecule has 38 heavy (non-hydrogen) atoms. The molecule has 1 aliphatic heterocycles. The Labute approximate surface area is 223 Å². The number of anilines is 1. The first-order chi connectivity index (χ1) is 18.2. The fourth-order valence-corrected chi connectivity index (χ4v) is 5.21. The third kappa shape index (κ3) is 5.87. The van der Waals surface area contributed by atoms with Crippen molar-refractivity contribution in [2.45, 2.75) is 80.8 Å². The number of hydrogen-bond donors (Lipinski definition) is 2. The number of nitrogens with one attached hydrogen (secondary N) is 1. The molecule has 2 aliphatic rings. The minimum atomic E-state index is -1.06. The molecule has 0 saturated heterocycles. The molecule has 0 bridgehead atoms. The second kappa shape index (κ2) is 10.6. The lowest BCUT2D eigenvalue weighted by Gasteiger charge is -2.24. The number of fused-ring (bicyclic) bond motifs is 2. The van der Waals surface area contributed by atoms with Gasteiger partial charge in [0, 0.05) is 4.90 Å². The molecule has 3 aromatic rings. The number of nitrogens with two attached hydrogens (primary N) is 1. The monoisotopic (exact) mass is 542 g/mol. The fraction of sp³-hybridized carbons (Fsp3) is 0.480. The molecular formula is C25H30N6O6S. The normalized spacial score (nSPS) is 16.0. The number of nitrogen functional groups attached to an aromatic ring is 1. The largest absolute Gasteiger partial charge is 0.461 e. The van der Waals surface area contributed by atoms with Crippen molar-refractivity contribution in [3.8, 4) is 11.5 Å². The Morgan fingerprint density at radius 2 is 1.97 bits per heavy atom. The Bertz CT molecular complexity index is 1350. The summed E-state index contributed by atoms with van der Waals surface area (Å²) in [6.45, 7) is 5.41. The van der Waals surface area contributed by atoms with Crippen molar-refractivity contribution in [1.82, 2.24) is 24.8 Å². The number of carbonyl (C=O) groups is 2. The summed E-state index contributed by atoms with van der Waals surface area (Å²) < 4.78 is 23.8. The van der Waals surface area contributed by atoms with Crippen LogP contribution in [0.3, 0.4) is 0 Å². The van der Waals surface area contributed by atoms with Gasteiger partial charge in [-0.15, -0.1) is 0 Å². The standard InChI is InChI=1S/C25H30N6O6S/c1-25(2,3)37-24(33)29-16(22(32)36-14-6-4-5-7-14)11-31-21-19(20(26)27-12-28-21)30-23(31)38-15-8-9-17-18(10-15)35-13-34-17/h8-10,12,14,16H,4-7,11,13H2,1-3H3,(H,29,33)(H2,26,27,28)/t16-/m0/s1. The highest BCUT2D eigenvalue weighted by molar-refractivity contribution is 7.99. The van der Waals surface area contributed by atoms with E-state index in [1.165, 1.54) is 18.1 Å². The molecule has 1 atom stereocenters. The molecule has 202 valence electrons. The van der Waals surface area contributed by atoms with Crippen molar-refractivity contribution >= 4 is 40.8 Å². The van der Waals surface area contributed by atoms with E-state index in [1.807, 2.05) is 18.2 Å². The predicted molar refractivity (Wildman–Crippen MR) is 138 cm³/mol. The smallest absolute Gasteiger partial charge is 0.408 e. The molecule has 2 aromatic heterocycles. The van der Waals surface area contributed by atoms with Gasteiger partial charge in [-0.3, -0.25) is 0 Å². The molecule has 1 saturated carbocycles. The molecule has 3 N–H and O–H groups in total. The molecule has 0 unspecified atom stereocenters. The Hall–Kier alpha value is -3.74. The second-order valence-corrected chi connectivity index (χ2v) is 11.1. The summed E-state index contributed by atoms with van der Waals surface area (Å²) in [5.74, 6) is 0.938. The van der Waals surface area contributed by atoms with Gasteiger partial charge in [0.2, 0.25) is 6.79 Å². The molecule has 1 amide bonds. The van der Waals surface area contributed by atoms with Crippen LogP contribution in [-0.2, 0) is 20.8 Å². The first kappa shape index (κ1) is 25.9. The number of nitrogens with zero attached hydrogens (tertiary/aromatic N) is 4. The van der Waals surface area contributed by atoms with Gasteiger partial charge in [-0.05, 0) is 64.7 Å². The Morgan fingerprint density at radius 3 is 2.74 bits per heavy atom. The number of hydrogen-bond acceptors (Lipinski definition) is 11. The molecule has 1 aliphatic carbocycles. The van der Waals surface area contributed by atoms with E-state index in [-0.39, 0.29) is 25.3 Å². The van der Waals surface area contributed by atoms with Crippen molar-refractivity contribution < 1.29 is 28.5 Å². The van der Waals surface area contributed by atoms with Gasteiger partial charge in [0.25, 0.3) is 0 Å². The Balaban J connectivity index is 1.47. The first-order valence-electron chi connectivity index (χ1n) is 12.4. The van der Waals surface area contributed by atoms with Crippen LogP contribution in [0.1, 0.15) is 46.5 Å². The Morgan fingerprint density at radius 1 is 1.21 bits per heavy atom. The average molecular weight is 543 g/mol. The summed E-state index contributed by atoms with van der Waals surface area (Å²) in [6.07, 6.45) is 4.03. The van der Waals surface area contributed by atoms with Crippen LogP contribution in [0.2, 0.25) is 0 Å². The zero-order chi connectivity index (χ0) is 26.9. The number of rotatable bonds is 7. The highest BCUT2D eigenvalue weighted by Crippen LogP contribution is 2.38. The van der Waals surface area contributed by atoms with Gasteiger partial charge in [-0.1, -0.05) is 11.8 Å². The van der Waals surface area contributed by atoms with Gasteiger partial charge in [-0.2, -0.15) is 0 Å². The van der Waals surface area contributed by atoms with E-state index in [0.717, 1.165) is 30.6 Å². The number of esters is 1. The maximum Gasteiger partial charge on any atom is 0.408 e. The quantitative estimate of drug-likeness (QED) is 0.421. The zero-order valence-corrected chi connectivity index (χ0v) is 22.2. The molecule has 0 spiro atoms. The van der Waals surface area contributed by atoms with E-state index < -0.39 is 23.7 Å². The molecular weight excluding hydrogens is 512 g/mol. The second-order valence-electron chi connectivity index (χ2n) is 10.1. The Kier molecular flexibility index (Phi) is 7.19. The van der Waals surface area contributed by atoms with Crippen LogP contribution in [-0.4, -0.2) is 56.1 Å². The molecule has 1 aromatic carbocycles. The van der Waals surface area contributed by atoms with Crippen molar-refractivity contribution in [3.63, 3.8) is 0 Å². The number of alkyl carbamates (subject to hydrolysis) is 1. The van der Waals surface area contributed by atoms with Crippen LogP contribution < -0.4 is 20.5 Å². The highest BCUT2D eigenvalue weighted by Gasteiger charge is 2.31. The summed E-state index contributed by atoms with van der Waals surface area (Å²) >= 11 is 1.33. The summed E-state index contributed by atoms with van der Waals surface area (Å²) in [4.78, 5) is 39.9. The van der Waals surface area contributed by atoms with Gasteiger partial charge >= 0.3 is 12.1 Å². The molecule has 5 rings (SSSR count). The SMILES string of the molecule is CC(C)(C)OC(=O)N[C@@H](Cn1c(Sc2ccc3c(c2)OCO3)nc2c(N)ncnc21)C(=O)OC1CCCC1. The number of aromatic nitrogens is 4. The third-order valence-corrected chi connectivity index (χ3v) is 6.99. The summed E-state index contributed by atoms with van der Waals surface area (Å²) in [6, 6.07) is 4.48. The van der Waals surface area contributed by atoms with Crippen LogP contribution in [0, 0.1) is 0 Å². The molecule has 1 fully saturated rings. The number of imidazole rings is 1. The lowest BCUT2D eigenvalue weighted by molar-refractivity contribution is -0.151. The van der Waals surface area contributed by atoms with E-state index in [1.54, 1.807) is 25.3 Å². The van der Waals surface area contributed by atoms with Crippen molar-refractivity contribution in [2.24, 2.45) is 0 Å². The molecule has 12 nitrogen and oxygen atoms in total. The summed E-state index contributed by atoms with van der Waals surface area (Å²) in [5, 5.41) is 3.18. The first-order valence-corrected chi connectivity index (χ1v) is 13.2. The number of carbonyl (C=O) groups excluding carboxylic acids is 2. The third-order valence-electron chi connectivity index (χ3n) is 6.00.